The van der Waals surface area contributed by atoms with E-state index in [0.29, 0.717) is 18.7 Å². The van der Waals surface area contributed by atoms with Gasteiger partial charge in [0.2, 0.25) is 10.0 Å². The molecule has 1 fully saturated rings. The molecule has 7 nitrogen and oxygen atoms in total. The summed E-state index contributed by atoms with van der Waals surface area (Å²) in [5, 5.41) is 12.5. The van der Waals surface area contributed by atoms with Crippen molar-refractivity contribution in [3.63, 3.8) is 0 Å². The highest BCUT2D eigenvalue weighted by atomic mass is 32.2. The molecule has 0 radical (unpaired) electrons. The SMILES string of the molecule is CCC[C@H](C)NS(=O)(=O)c1ccc(NC[C@H]2CCCO2)c(C(=O)O)c1. The molecular weight excluding hydrogens is 344 g/mol. The van der Waals surface area contributed by atoms with Gasteiger partial charge in [-0.15, -0.1) is 0 Å². The predicted molar refractivity (Wildman–Crippen MR) is 95.6 cm³/mol. The largest absolute Gasteiger partial charge is 0.478 e. The number of carboxylic acids is 1. The summed E-state index contributed by atoms with van der Waals surface area (Å²) in [6.07, 6.45) is 3.56. The van der Waals surface area contributed by atoms with Crippen LogP contribution in [-0.2, 0) is 14.8 Å². The lowest BCUT2D eigenvalue weighted by Crippen LogP contribution is -2.32. The molecule has 140 valence electrons. The molecule has 25 heavy (non-hydrogen) atoms. The standard InChI is InChI=1S/C17H26N2O5S/c1-3-5-12(2)19-25(22,23)14-7-8-16(15(10-14)17(20)21)18-11-13-6-4-9-24-13/h7-8,10,12-13,18-19H,3-6,9,11H2,1-2H3,(H,20,21)/t12-,13+/m0/s1. The highest BCUT2D eigenvalue weighted by molar-refractivity contribution is 7.89. The fraction of sp³-hybridized carbons (Fsp3) is 0.588. The lowest BCUT2D eigenvalue weighted by molar-refractivity contribution is 0.0697. The van der Waals surface area contributed by atoms with Crippen molar-refractivity contribution in [2.45, 2.75) is 56.6 Å². The van der Waals surface area contributed by atoms with Crippen LogP contribution in [0.3, 0.4) is 0 Å². The second kappa shape index (κ2) is 8.64. The van der Waals surface area contributed by atoms with Gasteiger partial charge < -0.3 is 15.2 Å². The van der Waals surface area contributed by atoms with Crippen molar-refractivity contribution >= 4 is 21.7 Å². The van der Waals surface area contributed by atoms with Crippen molar-refractivity contribution in [2.24, 2.45) is 0 Å². The van der Waals surface area contributed by atoms with E-state index in [1.54, 1.807) is 6.92 Å². The zero-order valence-electron chi connectivity index (χ0n) is 14.6. The fourth-order valence-electron chi connectivity index (χ4n) is 2.88. The molecule has 2 rings (SSSR count). The van der Waals surface area contributed by atoms with E-state index in [2.05, 4.69) is 10.0 Å². The van der Waals surface area contributed by atoms with Gasteiger partial charge in [0.1, 0.15) is 0 Å². The first-order chi connectivity index (χ1) is 11.8. The Balaban J connectivity index is 2.17. The number of aromatic carboxylic acids is 1. The van der Waals surface area contributed by atoms with Gasteiger partial charge >= 0.3 is 5.97 Å². The Kier molecular flexibility index (Phi) is 6.80. The van der Waals surface area contributed by atoms with Crippen LogP contribution in [0.25, 0.3) is 0 Å². The molecular formula is C17H26N2O5S. The summed E-state index contributed by atoms with van der Waals surface area (Å²) >= 11 is 0. The third-order valence-corrected chi connectivity index (χ3v) is 5.74. The van der Waals surface area contributed by atoms with Crippen molar-refractivity contribution in [3.05, 3.63) is 23.8 Å². The molecule has 1 saturated heterocycles. The van der Waals surface area contributed by atoms with E-state index in [-0.39, 0.29) is 22.6 Å². The van der Waals surface area contributed by atoms with E-state index in [1.807, 2.05) is 6.92 Å². The Morgan fingerprint density at radius 3 is 2.80 bits per heavy atom. The second-order valence-electron chi connectivity index (χ2n) is 6.34. The Morgan fingerprint density at radius 2 is 2.20 bits per heavy atom. The van der Waals surface area contributed by atoms with Gasteiger partial charge in [-0.1, -0.05) is 13.3 Å². The summed E-state index contributed by atoms with van der Waals surface area (Å²) in [7, 11) is -3.75. The van der Waals surface area contributed by atoms with E-state index in [1.165, 1.54) is 18.2 Å². The molecule has 1 aromatic rings. The third-order valence-electron chi connectivity index (χ3n) is 4.15. The maximum absolute atomic E-state index is 12.4. The van der Waals surface area contributed by atoms with Gasteiger partial charge in [0.15, 0.2) is 0 Å². The summed E-state index contributed by atoms with van der Waals surface area (Å²) in [5.41, 5.74) is 0.326. The van der Waals surface area contributed by atoms with Crippen LogP contribution in [0.5, 0.6) is 0 Å². The maximum Gasteiger partial charge on any atom is 0.337 e. The van der Waals surface area contributed by atoms with Crippen molar-refractivity contribution in [3.8, 4) is 0 Å². The molecule has 3 N–H and O–H groups in total. The zero-order valence-corrected chi connectivity index (χ0v) is 15.4. The highest BCUT2D eigenvalue weighted by Crippen LogP contribution is 2.22. The number of rotatable bonds is 9. The second-order valence-corrected chi connectivity index (χ2v) is 8.05. The molecule has 8 heteroatoms. The quantitative estimate of drug-likeness (QED) is 0.617. The lowest BCUT2D eigenvalue weighted by atomic mass is 10.1. The number of sulfonamides is 1. The smallest absolute Gasteiger partial charge is 0.337 e. The Labute approximate surface area is 148 Å². The first kappa shape index (κ1) is 19.7. The van der Waals surface area contributed by atoms with E-state index in [0.717, 1.165) is 25.9 Å². The first-order valence-electron chi connectivity index (χ1n) is 8.58. The highest BCUT2D eigenvalue weighted by Gasteiger charge is 2.22. The number of nitrogens with one attached hydrogen (secondary N) is 2. The summed E-state index contributed by atoms with van der Waals surface area (Å²) in [5.74, 6) is -1.17. The van der Waals surface area contributed by atoms with E-state index in [9.17, 15) is 18.3 Å². The van der Waals surface area contributed by atoms with E-state index >= 15 is 0 Å². The minimum atomic E-state index is -3.75. The predicted octanol–water partition coefficient (Wildman–Crippen LogP) is 2.44. The van der Waals surface area contributed by atoms with Crippen molar-refractivity contribution in [1.82, 2.24) is 4.72 Å². The topological polar surface area (TPSA) is 105 Å². The van der Waals surface area contributed by atoms with Crippen LogP contribution in [0.1, 0.15) is 49.9 Å². The molecule has 0 aliphatic carbocycles. The number of carboxylic acid groups (broad SMARTS) is 1. The van der Waals surface area contributed by atoms with Gasteiger partial charge in [-0.3, -0.25) is 0 Å². The summed E-state index contributed by atoms with van der Waals surface area (Å²) < 4.78 is 32.9. The molecule has 1 heterocycles. The molecule has 0 unspecified atom stereocenters. The average molecular weight is 370 g/mol. The fourth-order valence-corrected chi connectivity index (χ4v) is 4.18. The van der Waals surface area contributed by atoms with Crippen LogP contribution in [-0.4, -0.2) is 44.8 Å². The first-order valence-corrected chi connectivity index (χ1v) is 10.1. The summed E-state index contributed by atoms with van der Waals surface area (Å²) in [6.45, 7) is 4.98. The molecule has 2 atom stereocenters. The number of hydrogen-bond acceptors (Lipinski definition) is 5. The zero-order chi connectivity index (χ0) is 18.4. The Hall–Kier alpha value is -1.64. The van der Waals surface area contributed by atoms with Crippen LogP contribution in [0, 0.1) is 0 Å². The summed E-state index contributed by atoms with van der Waals surface area (Å²) in [6, 6.07) is 3.91. The number of anilines is 1. The average Bonchev–Trinajstić information content (AvgIpc) is 3.05. The molecule has 1 aliphatic rings. The van der Waals surface area contributed by atoms with Crippen LogP contribution in [0.2, 0.25) is 0 Å². The van der Waals surface area contributed by atoms with E-state index in [4.69, 9.17) is 4.74 Å². The van der Waals surface area contributed by atoms with Crippen LogP contribution < -0.4 is 10.0 Å². The molecule has 0 aromatic heterocycles. The summed E-state index contributed by atoms with van der Waals surface area (Å²) in [4.78, 5) is 11.5. The molecule has 0 spiro atoms. The lowest BCUT2D eigenvalue weighted by Gasteiger charge is -2.16. The van der Waals surface area contributed by atoms with Gasteiger partial charge in [-0.2, -0.15) is 0 Å². The number of hydrogen-bond donors (Lipinski definition) is 3. The van der Waals surface area contributed by atoms with Crippen LogP contribution in [0.4, 0.5) is 5.69 Å². The van der Waals surface area contributed by atoms with Gasteiger partial charge in [-0.25, -0.2) is 17.9 Å². The van der Waals surface area contributed by atoms with Gasteiger partial charge in [0.25, 0.3) is 0 Å². The number of benzene rings is 1. The molecule has 0 saturated carbocycles. The Morgan fingerprint density at radius 1 is 1.44 bits per heavy atom. The number of carbonyl (C=O) groups is 1. The number of ether oxygens (including phenoxy) is 1. The normalized spacial score (nSPS) is 18.9. The monoisotopic (exact) mass is 370 g/mol. The van der Waals surface area contributed by atoms with Crippen molar-refractivity contribution in [1.29, 1.82) is 0 Å². The van der Waals surface area contributed by atoms with Crippen molar-refractivity contribution < 1.29 is 23.1 Å². The molecule has 0 bridgehead atoms. The van der Waals surface area contributed by atoms with Crippen LogP contribution in [0.15, 0.2) is 23.1 Å². The van der Waals surface area contributed by atoms with Gasteiger partial charge in [0.05, 0.1) is 16.6 Å². The third kappa shape index (κ3) is 5.42. The van der Waals surface area contributed by atoms with Gasteiger partial charge in [0, 0.05) is 24.9 Å². The Bertz CT molecular complexity index is 699. The molecule has 1 aromatic carbocycles. The minimum Gasteiger partial charge on any atom is -0.478 e. The molecule has 0 amide bonds. The maximum atomic E-state index is 12.4. The van der Waals surface area contributed by atoms with Crippen molar-refractivity contribution in [2.75, 3.05) is 18.5 Å². The van der Waals surface area contributed by atoms with E-state index < -0.39 is 16.0 Å². The minimum absolute atomic E-state index is 0.0458. The van der Waals surface area contributed by atoms with Crippen LogP contribution >= 0.6 is 0 Å². The van der Waals surface area contributed by atoms with Gasteiger partial charge in [-0.05, 0) is 44.4 Å². The molecule has 1 aliphatic heterocycles.